The van der Waals surface area contributed by atoms with E-state index in [2.05, 4.69) is 32.7 Å². The standard InChI is InChI=1S/C8H7ClIN3/c9-4-3-6-2-1-5-13-7(6)11-8(10)12-13/h1-2,5H,3-4H2. The van der Waals surface area contributed by atoms with Crippen LogP contribution in [0.25, 0.3) is 5.65 Å². The van der Waals surface area contributed by atoms with Crippen LogP contribution < -0.4 is 0 Å². The fraction of sp³-hybridized carbons (Fsp3) is 0.250. The van der Waals surface area contributed by atoms with Crippen molar-refractivity contribution >= 4 is 39.8 Å². The van der Waals surface area contributed by atoms with Crippen molar-refractivity contribution in [1.29, 1.82) is 0 Å². The zero-order valence-corrected chi connectivity index (χ0v) is 9.66. The lowest BCUT2D eigenvalue weighted by molar-refractivity contribution is 0.933. The van der Waals surface area contributed by atoms with E-state index in [1.54, 1.807) is 4.52 Å². The van der Waals surface area contributed by atoms with Crippen molar-refractivity contribution in [3.05, 3.63) is 27.7 Å². The van der Waals surface area contributed by atoms with Crippen LogP contribution in [-0.4, -0.2) is 20.5 Å². The molecule has 3 nitrogen and oxygen atoms in total. The highest BCUT2D eigenvalue weighted by atomic mass is 127. The Hall–Kier alpha value is -0.360. The third kappa shape index (κ3) is 1.78. The van der Waals surface area contributed by atoms with E-state index in [1.165, 1.54) is 0 Å². The van der Waals surface area contributed by atoms with E-state index < -0.39 is 0 Å². The van der Waals surface area contributed by atoms with E-state index in [9.17, 15) is 0 Å². The molecule has 0 aliphatic carbocycles. The second-order valence-corrected chi connectivity index (χ2v) is 3.96. The Morgan fingerprint density at radius 1 is 1.54 bits per heavy atom. The second kappa shape index (κ2) is 3.79. The molecule has 2 aromatic heterocycles. The van der Waals surface area contributed by atoms with Crippen LogP contribution >= 0.6 is 34.2 Å². The Morgan fingerprint density at radius 2 is 2.38 bits per heavy atom. The molecule has 2 heterocycles. The quantitative estimate of drug-likeness (QED) is 0.628. The van der Waals surface area contributed by atoms with Gasteiger partial charge in [0, 0.05) is 34.7 Å². The Kier molecular flexibility index (Phi) is 2.69. The van der Waals surface area contributed by atoms with Crippen LogP contribution in [-0.2, 0) is 6.42 Å². The third-order valence-corrected chi connectivity index (χ3v) is 2.43. The van der Waals surface area contributed by atoms with Gasteiger partial charge in [0.05, 0.1) is 0 Å². The number of fused-ring (bicyclic) bond motifs is 1. The van der Waals surface area contributed by atoms with Crippen molar-refractivity contribution in [3.63, 3.8) is 0 Å². The summed E-state index contributed by atoms with van der Waals surface area (Å²) in [4.78, 5) is 4.31. The van der Waals surface area contributed by atoms with Crippen LogP contribution in [0.3, 0.4) is 0 Å². The summed E-state index contributed by atoms with van der Waals surface area (Å²) in [6, 6.07) is 3.99. The second-order valence-electron chi connectivity index (χ2n) is 2.62. The summed E-state index contributed by atoms with van der Waals surface area (Å²) in [5.74, 6) is 0.614. The number of halogens is 2. The molecule has 0 spiro atoms. The van der Waals surface area contributed by atoms with Gasteiger partial charge in [0.25, 0.3) is 0 Å². The van der Waals surface area contributed by atoms with E-state index in [4.69, 9.17) is 11.6 Å². The van der Waals surface area contributed by atoms with Crippen molar-refractivity contribution in [1.82, 2.24) is 14.6 Å². The molecule has 0 atom stereocenters. The van der Waals surface area contributed by atoms with Crippen molar-refractivity contribution in [2.45, 2.75) is 6.42 Å². The van der Waals surface area contributed by atoms with Gasteiger partial charge in [-0.3, -0.25) is 0 Å². The largest absolute Gasteiger partial charge is 0.220 e. The van der Waals surface area contributed by atoms with Gasteiger partial charge in [0.2, 0.25) is 3.83 Å². The predicted molar refractivity (Wildman–Crippen MR) is 60.1 cm³/mol. The van der Waals surface area contributed by atoms with Crippen LogP contribution in [0, 0.1) is 3.83 Å². The van der Waals surface area contributed by atoms with E-state index in [1.807, 2.05) is 18.3 Å². The number of aryl methyl sites for hydroxylation is 1. The summed E-state index contributed by atoms with van der Waals surface area (Å²) in [5.41, 5.74) is 2.06. The molecule has 0 aliphatic heterocycles. The Labute approximate surface area is 94.3 Å². The number of alkyl halides is 1. The maximum Gasteiger partial charge on any atom is 0.212 e. The van der Waals surface area contributed by atoms with Gasteiger partial charge >= 0.3 is 0 Å². The molecule has 0 aromatic carbocycles. The lowest BCUT2D eigenvalue weighted by atomic mass is 10.2. The van der Waals surface area contributed by atoms with Crippen LogP contribution in [0.1, 0.15) is 5.56 Å². The molecule has 0 N–H and O–H groups in total. The fourth-order valence-corrected chi connectivity index (χ4v) is 1.90. The SMILES string of the molecule is ClCCc1cccn2nc(I)nc12. The molecule has 68 valence electrons. The summed E-state index contributed by atoms with van der Waals surface area (Å²) < 4.78 is 2.54. The minimum atomic E-state index is 0.614. The lowest BCUT2D eigenvalue weighted by Gasteiger charge is -1.98. The first-order valence-electron chi connectivity index (χ1n) is 3.87. The van der Waals surface area contributed by atoms with Gasteiger partial charge in [-0.1, -0.05) is 6.07 Å². The van der Waals surface area contributed by atoms with Crippen LogP contribution in [0.2, 0.25) is 0 Å². The highest BCUT2D eigenvalue weighted by Gasteiger charge is 2.04. The summed E-state index contributed by atoms with van der Waals surface area (Å²) in [5, 5.41) is 4.21. The highest BCUT2D eigenvalue weighted by molar-refractivity contribution is 14.1. The number of aromatic nitrogens is 3. The summed E-state index contributed by atoms with van der Waals surface area (Å²) in [6.07, 6.45) is 2.73. The molecule has 0 saturated heterocycles. The van der Waals surface area contributed by atoms with E-state index in [0.29, 0.717) is 5.88 Å². The zero-order valence-electron chi connectivity index (χ0n) is 6.74. The number of nitrogens with zero attached hydrogens (tertiary/aromatic N) is 3. The van der Waals surface area contributed by atoms with Crippen molar-refractivity contribution < 1.29 is 0 Å². The molecule has 0 bridgehead atoms. The molecule has 2 rings (SSSR count). The number of hydrogen-bond donors (Lipinski definition) is 0. The van der Waals surface area contributed by atoms with Gasteiger partial charge in [-0.2, -0.15) is 0 Å². The molecule has 0 amide bonds. The van der Waals surface area contributed by atoms with Crippen molar-refractivity contribution in [2.75, 3.05) is 5.88 Å². The molecule has 13 heavy (non-hydrogen) atoms. The number of hydrogen-bond acceptors (Lipinski definition) is 2. The maximum absolute atomic E-state index is 5.68. The summed E-state index contributed by atoms with van der Waals surface area (Å²) >= 11 is 7.79. The van der Waals surface area contributed by atoms with Crippen LogP contribution in [0.5, 0.6) is 0 Å². The molecule has 5 heteroatoms. The van der Waals surface area contributed by atoms with Gasteiger partial charge in [-0.15, -0.1) is 16.7 Å². The molecule has 0 fully saturated rings. The molecule has 2 aromatic rings. The Balaban J connectivity index is 2.60. The molecule has 0 unspecified atom stereocenters. The van der Waals surface area contributed by atoms with Crippen LogP contribution in [0.15, 0.2) is 18.3 Å². The molecule has 0 saturated carbocycles. The molecule has 0 aliphatic rings. The van der Waals surface area contributed by atoms with Gasteiger partial charge in [0.1, 0.15) is 0 Å². The smallest absolute Gasteiger partial charge is 0.212 e. The number of pyridine rings is 1. The van der Waals surface area contributed by atoms with Gasteiger partial charge in [-0.25, -0.2) is 9.50 Å². The van der Waals surface area contributed by atoms with E-state index >= 15 is 0 Å². The van der Waals surface area contributed by atoms with E-state index in [-0.39, 0.29) is 0 Å². The third-order valence-electron chi connectivity index (χ3n) is 1.78. The molecular weight excluding hydrogens is 300 g/mol. The first-order valence-corrected chi connectivity index (χ1v) is 5.48. The van der Waals surface area contributed by atoms with Gasteiger partial charge in [0.15, 0.2) is 5.65 Å². The highest BCUT2D eigenvalue weighted by Crippen LogP contribution is 2.10. The topological polar surface area (TPSA) is 30.2 Å². The predicted octanol–water partition coefficient (Wildman–Crippen LogP) is 2.12. The van der Waals surface area contributed by atoms with Crippen molar-refractivity contribution in [2.24, 2.45) is 0 Å². The Bertz CT molecular complexity index is 426. The average molecular weight is 308 g/mol. The molecular formula is C8H7ClIN3. The van der Waals surface area contributed by atoms with Crippen LogP contribution in [0.4, 0.5) is 0 Å². The average Bonchev–Trinajstić information content (AvgIpc) is 2.47. The van der Waals surface area contributed by atoms with Gasteiger partial charge in [-0.05, 0) is 18.1 Å². The zero-order chi connectivity index (χ0) is 9.26. The lowest BCUT2D eigenvalue weighted by Crippen LogP contribution is -1.93. The first-order chi connectivity index (χ1) is 6.31. The minimum absolute atomic E-state index is 0.614. The normalized spacial score (nSPS) is 10.9. The van der Waals surface area contributed by atoms with E-state index in [0.717, 1.165) is 21.5 Å². The fourth-order valence-electron chi connectivity index (χ4n) is 1.23. The first kappa shape index (κ1) is 9.21. The summed E-state index contributed by atoms with van der Waals surface area (Å²) in [7, 11) is 0. The Morgan fingerprint density at radius 3 is 3.15 bits per heavy atom. The minimum Gasteiger partial charge on any atom is -0.220 e. The monoisotopic (exact) mass is 307 g/mol. The number of rotatable bonds is 2. The van der Waals surface area contributed by atoms with Crippen molar-refractivity contribution in [3.8, 4) is 0 Å². The van der Waals surface area contributed by atoms with Gasteiger partial charge < -0.3 is 0 Å². The maximum atomic E-state index is 5.68. The molecule has 0 radical (unpaired) electrons. The summed E-state index contributed by atoms with van der Waals surface area (Å²) in [6.45, 7) is 0.